The van der Waals surface area contributed by atoms with E-state index in [2.05, 4.69) is 17.3 Å². The smallest absolute Gasteiger partial charge is 0.255 e. The molecule has 1 aliphatic heterocycles. The lowest BCUT2D eigenvalue weighted by molar-refractivity contribution is -0.0208. The Morgan fingerprint density at radius 2 is 2.00 bits per heavy atom. The average Bonchev–Trinajstić information content (AvgIpc) is 2.55. The largest absolute Gasteiger partial charge is 0.371 e. The van der Waals surface area contributed by atoms with E-state index < -0.39 is 0 Å². The molecule has 1 N–H and O–H groups in total. The number of amides is 1. The Morgan fingerprint density at radius 3 is 2.70 bits per heavy atom. The van der Waals surface area contributed by atoms with Crippen LogP contribution >= 0.6 is 0 Å². The van der Waals surface area contributed by atoms with Crippen LogP contribution in [0, 0.1) is 6.92 Å². The maximum Gasteiger partial charge on any atom is 0.255 e. The van der Waals surface area contributed by atoms with E-state index in [1.807, 2.05) is 55.5 Å². The molecule has 4 heteroatoms. The van der Waals surface area contributed by atoms with Crippen molar-refractivity contribution in [3.8, 4) is 0 Å². The first-order valence-electron chi connectivity index (χ1n) is 7.90. The van der Waals surface area contributed by atoms with E-state index in [4.69, 9.17) is 4.74 Å². The lowest BCUT2D eigenvalue weighted by Gasteiger charge is -2.30. The van der Waals surface area contributed by atoms with Gasteiger partial charge in [0.15, 0.2) is 0 Å². The predicted molar refractivity (Wildman–Crippen MR) is 91.8 cm³/mol. The van der Waals surface area contributed by atoms with Gasteiger partial charge in [-0.05, 0) is 43.8 Å². The topological polar surface area (TPSA) is 41.6 Å². The molecule has 1 saturated heterocycles. The monoisotopic (exact) mass is 310 g/mol. The summed E-state index contributed by atoms with van der Waals surface area (Å²) in [4.78, 5) is 14.5. The molecule has 1 amide bonds. The Bertz CT molecular complexity index is 682. The number of carbonyl (C=O) groups is 1. The van der Waals surface area contributed by atoms with Crippen molar-refractivity contribution in [3.05, 3.63) is 65.2 Å². The molecule has 1 heterocycles. The van der Waals surface area contributed by atoms with Crippen LogP contribution in [0.3, 0.4) is 0 Å². The third kappa shape index (κ3) is 3.97. The number of hydrogen-bond acceptors (Lipinski definition) is 3. The van der Waals surface area contributed by atoms with Crippen molar-refractivity contribution < 1.29 is 9.53 Å². The van der Waals surface area contributed by atoms with Gasteiger partial charge in [-0.3, -0.25) is 4.79 Å². The molecule has 1 atom stereocenters. The number of carbonyl (C=O) groups excluding carboxylic acids is 1. The van der Waals surface area contributed by atoms with Gasteiger partial charge in [0.05, 0.1) is 12.7 Å². The van der Waals surface area contributed by atoms with E-state index in [1.165, 1.54) is 0 Å². The summed E-state index contributed by atoms with van der Waals surface area (Å²) in [5.41, 5.74) is 3.69. The molecule has 2 aromatic rings. The van der Waals surface area contributed by atoms with E-state index in [9.17, 15) is 4.79 Å². The second-order valence-electron chi connectivity index (χ2n) is 6.07. The van der Waals surface area contributed by atoms with Crippen LogP contribution in [0.25, 0.3) is 0 Å². The highest BCUT2D eigenvalue weighted by Crippen LogP contribution is 2.23. The van der Waals surface area contributed by atoms with Crippen LogP contribution in [-0.2, 0) is 4.74 Å². The molecule has 120 valence electrons. The van der Waals surface area contributed by atoms with Gasteiger partial charge in [0.25, 0.3) is 5.91 Å². The fourth-order valence-corrected chi connectivity index (χ4v) is 2.75. The third-order valence-corrected chi connectivity index (χ3v) is 4.09. The first-order chi connectivity index (χ1) is 11.1. The Morgan fingerprint density at radius 1 is 1.22 bits per heavy atom. The van der Waals surface area contributed by atoms with Gasteiger partial charge >= 0.3 is 0 Å². The molecular weight excluding hydrogens is 288 g/mol. The van der Waals surface area contributed by atoms with Gasteiger partial charge in [-0.15, -0.1) is 0 Å². The Hall–Kier alpha value is -2.17. The van der Waals surface area contributed by atoms with E-state index in [1.54, 1.807) is 0 Å². The second-order valence-corrected chi connectivity index (χ2v) is 6.07. The van der Waals surface area contributed by atoms with Crippen LogP contribution in [-0.4, -0.2) is 37.6 Å². The molecule has 1 aliphatic rings. The number of nitrogens with one attached hydrogen (secondary N) is 1. The van der Waals surface area contributed by atoms with Gasteiger partial charge in [0.1, 0.15) is 0 Å². The molecule has 1 unspecified atom stereocenters. The zero-order valence-electron chi connectivity index (χ0n) is 13.6. The first kappa shape index (κ1) is 15.7. The van der Waals surface area contributed by atoms with E-state index in [0.29, 0.717) is 5.56 Å². The lowest BCUT2D eigenvalue weighted by Crippen LogP contribution is -2.35. The number of likely N-dealkylation sites (N-methyl/N-ethyl adjacent to an activating group) is 1. The summed E-state index contributed by atoms with van der Waals surface area (Å²) in [6.45, 7) is 4.61. The maximum absolute atomic E-state index is 12.3. The quantitative estimate of drug-likeness (QED) is 0.946. The number of nitrogens with zero attached hydrogens (tertiary/aromatic N) is 1. The molecule has 0 aromatic heterocycles. The van der Waals surface area contributed by atoms with Crippen LogP contribution < -0.4 is 5.32 Å². The summed E-state index contributed by atoms with van der Waals surface area (Å²) in [7, 11) is 2.10. The van der Waals surface area contributed by atoms with E-state index in [0.717, 1.165) is 36.5 Å². The van der Waals surface area contributed by atoms with Crippen molar-refractivity contribution in [3.63, 3.8) is 0 Å². The third-order valence-electron chi connectivity index (χ3n) is 4.09. The number of ether oxygens (including phenoxy) is 1. The highest BCUT2D eigenvalue weighted by Gasteiger charge is 2.19. The SMILES string of the molecule is Cc1cccc(C(=O)Nc2ccc(C3CN(C)CCO3)cc2)c1. The molecule has 23 heavy (non-hydrogen) atoms. The zero-order chi connectivity index (χ0) is 16.2. The number of morpholine rings is 1. The van der Waals surface area contributed by atoms with Crippen LogP contribution in [0.2, 0.25) is 0 Å². The van der Waals surface area contributed by atoms with Crippen molar-refractivity contribution in [2.24, 2.45) is 0 Å². The zero-order valence-corrected chi connectivity index (χ0v) is 13.6. The van der Waals surface area contributed by atoms with Gasteiger partial charge in [0, 0.05) is 24.3 Å². The minimum absolute atomic E-state index is 0.0879. The number of anilines is 1. The second kappa shape index (κ2) is 6.94. The summed E-state index contributed by atoms with van der Waals surface area (Å²) in [5, 5.41) is 2.93. The van der Waals surface area contributed by atoms with Crippen LogP contribution in [0.4, 0.5) is 5.69 Å². The molecule has 3 rings (SSSR count). The van der Waals surface area contributed by atoms with Crippen molar-refractivity contribution in [2.45, 2.75) is 13.0 Å². The predicted octanol–water partition coefficient (Wildman–Crippen LogP) is 3.25. The minimum atomic E-state index is -0.0879. The number of rotatable bonds is 3. The first-order valence-corrected chi connectivity index (χ1v) is 7.90. The summed E-state index contributed by atoms with van der Waals surface area (Å²) in [5.74, 6) is -0.0879. The van der Waals surface area contributed by atoms with Gasteiger partial charge < -0.3 is 15.0 Å². The molecule has 0 saturated carbocycles. The maximum atomic E-state index is 12.3. The Kier molecular flexibility index (Phi) is 4.74. The minimum Gasteiger partial charge on any atom is -0.371 e. The fraction of sp³-hybridized carbons (Fsp3) is 0.316. The highest BCUT2D eigenvalue weighted by molar-refractivity contribution is 6.04. The standard InChI is InChI=1S/C19H22N2O2/c1-14-4-3-5-16(12-14)19(22)20-17-8-6-15(7-9-17)18-13-21(2)10-11-23-18/h3-9,12,18H,10-11,13H2,1-2H3,(H,20,22). The van der Waals surface area contributed by atoms with Crippen molar-refractivity contribution >= 4 is 11.6 Å². The van der Waals surface area contributed by atoms with Crippen molar-refractivity contribution in [2.75, 3.05) is 32.1 Å². The molecule has 1 fully saturated rings. The highest BCUT2D eigenvalue weighted by atomic mass is 16.5. The molecule has 0 bridgehead atoms. The van der Waals surface area contributed by atoms with Crippen LogP contribution in [0.5, 0.6) is 0 Å². The Labute approximate surface area is 137 Å². The molecular formula is C19H22N2O2. The fourth-order valence-electron chi connectivity index (χ4n) is 2.75. The van der Waals surface area contributed by atoms with E-state index >= 15 is 0 Å². The van der Waals surface area contributed by atoms with E-state index in [-0.39, 0.29) is 12.0 Å². The van der Waals surface area contributed by atoms with Gasteiger partial charge in [0.2, 0.25) is 0 Å². The molecule has 4 nitrogen and oxygen atoms in total. The average molecular weight is 310 g/mol. The molecule has 2 aromatic carbocycles. The van der Waals surface area contributed by atoms with Crippen LogP contribution in [0.15, 0.2) is 48.5 Å². The number of aryl methyl sites for hydroxylation is 1. The summed E-state index contributed by atoms with van der Waals surface area (Å²) < 4.78 is 5.81. The van der Waals surface area contributed by atoms with Crippen molar-refractivity contribution in [1.29, 1.82) is 0 Å². The summed E-state index contributed by atoms with van der Waals surface area (Å²) >= 11 is 0. The molecule has 0 aliphatic carbocycles. The van der Waals surface area contributed by atoms with Gasteiger partial charge in [-0.25, -0.2) is 0 Å². The van der Waals surface area contributed by atoms with Gasteiger partial charge in [-0.2, -0.15) is 0 Å². The normalized spacial score (nSPS) is 18.6. The van der Waals surface area contributed by atoms with Crippen LogP contribution in [0.1, 0.15) is 27.6 Å². The lowest BCUT2D eigenvalue weighted by atomic mass is 10.1. The number of hydrogen-bond donors (Lipinski definition) is 1. The number of benzene rings is 2. The summed E-state index contributed by atoms with van der Waals surface area (Å²) in [6.07, 6.45) is 0.107. The van der Waals surface area contributed by atoms with Gasteiger partial charge in [-0.1, -0.05) is 29.8 Å². The molecule has 0 spiro atoms. The Balaban J connectivity index is 1.66. The summed E-state index contributed by atoms with van der Waals surface area (Å²) in [6, 6.07) is 15.5. The molecule has 0 radical (unpaired) electrons. The van der Waals surface area contributed by atoms with Crippen molar-refractivity contribution in [1.82, 2.24) is 4.90 Å².